The first-order valence-electron chi connectivity index (χ1n) is 5.80. The van der Waals surface area contributed by atoms with Crippen molar-refractivity contribution in [2.75, 3.05) is 33.2 Å². The Bertz CT molecular complexity index is 220. The number of nitrogens with one attached hydrogen (secondary N) is 1. The van der Waals surface area contributed by atoms with Crippen molar-refractivity contribution < 1.29 is 4.79 Å². The van der Waals surface area contributed by atoms with Crippen molar-refractivity contribution >= 4 is 5.91 Å². The highest BCUT2D eigenvalue weighted by Gasteiger charge is 2.27. The summed E-state index contributed by atoms with van der Waals surface area (Å²) in [6, 6.07) is 0.419. The van der Waals surface area contributed by atoms with Crippen LogP contribution >= 0.6 is 0 Å². The van der Waals surface area contributed by atoms with E-state index in [0.29, 0.717) is 6.04 Å². The molecule has 1 fully saturated rings. The minimum Gasteiger partial charge on any atom is -0.339 e. The summed E-state index contributed by atoms with van der Waals surface area (Å²) in [5.74, 6) is 0.222. The number of rotatable bonds is 3. The van der Waals surface area contributed by atoms with E-state index < -0.39 is 0 Å². The molecule has 1 N–H and O–H groups in total. The predicted molar refractivity (Wildman–Crippen MR) is 61.8 cm³/mol. The number of hydrogen-bond acceptors (Lipinski definition) is 3. The maximum atomic E-state index is 11.9. The number of hydrogen-bond donors (Lipinski definition) is 1. The second-order valence-electron chi connectivity index (χ2n) is 4.27. The van der Waals surface area contributed by atoms with E-state index in [4.69, 9.17) is 0 Å². The Morgan fingerprint density at radius 2 is 2.20 bits per heavy atom. The van der Waals surface area contributed by atoms with Crippen LogP contribution in [0, 0.1) is 0 Å². The molecule has 0 aromatic carbocycles. The van der Waals surface area contributed by atoms with Gasteiger partial charge >= 0.3 is 0 Å². The normalized spacial score (nSPS) is 25.3. The molecule has 0 aromatic heterocycles. The first-order valence-corrected chi connectivity index (χ1v) is 5.80. The minimum absolute atomic E-state index is 0.0645. The predicted octanol–water partition coefficient (Wildman–Crippen LogP) is 0.147. The third kappa shape index (κ3) is 2.92. The van der Waals surface area contributed by atoms with Gasteiger partial charge in [0.25, 0.3) is 0 Å². The summed E-state index contributed by atoms with van der Waals surface area (Å²) in [5, 5.41) is 3.00. The molecule has 2 atom stereocenters. The molecule has 1 rings (SSSR count). The second-order valence-corrected chi connectivity index (χ2v) is 4.27. The molecule has 0 radical (unpaired) electrons. The molecule has 4 nitrogen and oxygen atoms in total. The SMILES string of the molecule is CCN1CCN(C(=O)C(C)NC)CC1C. The van der Waals surface area contributed by atoms with Crippen LogP contribution in [0.2, 0.25) is 0 Å². The van der Waals surface area contributed by atoms with Crippen LogP contribution in [0.5, 0.6) is 0 Å². The molecule has 15 heavy (non-hydrogen) atoms. The van der Waals surface area contributed by atoms with Crippen molar-refractivity contribution in [2.45, 2.75) is 32.9 Å². The fourth-order valence-electron chi connectivity index (χ4n) is 2.06. The Kier molecular flexibility index (Phi) is 4.54. The van der Waals surface area contributed by atoms with Gasteiger partial charge in [-0.1, -0.05) is 6.92 Å². The van der Waals surface area contributed by atoms with Gasteiger partial charge in [0, 0.05) is 25.7 Å². The van der Waals surface area contributed by atoms with E-state index in [0.717, 1.165) is 26.2 Å². The van der Waals surface area contributed by atoms with Gasteiger partial charge in [0.1, 0.15) is 0 Å². The van der Waals surface area contributed by atoms with E-state index in [9.17, 15) is 4.79 Å². The number of amides is 1. The zero-order valence-corrected chi connectivity index (χ0v) is 10.3. The fraction of sp³-hybridized carbons (Fsp3) is 0.909. The van der Waals surface area contributed by atoms with Crippen LogP contribution in [0.25, 0.3) is 0 Å². The summed E-state index contributed by atoms with van der Waals surface area (Å²) in [6.07, 6.45) is 0. The average Bonchev–Trinajstić information content (AvgIpc) is 2.26. The monoisotopic (exact) mass is 213 g/mol. The molecule has 1 aliphatic rings. The van der Waals surface area contributed by atoms with E-state index in [-0.39, 0.29) is 11.9 Å². The number of carbonyl (C=O) groups is 1. The van der Waals surface area contributed by atoms with Gasteiger partial charge in [0.2, 0.25) is 5.91 Å². The number of likely N-dealkylation sites (N-methyl/N-ethyl adjacent to an activating group) is 2. The van der Waals surface area contributed by atoms with Crippen LogP contribution in [0.4, 0.5) is 0 Å². The molecule has 4 heteroatoms. The first kappa shape index (κ1) is 12.5. The average molecular weight is 213 g/mol. The maximum absolute atomic E-state index is 11.9. The standard InChI is InChI=1S/C11H23N3O/c1-5-13-6-7-14(8-9(13)2)11(15)10(3)12-4/h9-10,12H,5-8H2,1-4H3. The molecule has 0 aromatic rings. The zero-order chi connectivity index (χ0) is 11.4. The number of carbonyl (C=O) groups excluding carboxylic acids is 1. The number of nitrogens with zero attached hydrogens (tertiary/aromatic N) is 2. The molecule has 0 saturated carbocycles. The first-order chi connectivity index (χ1) is 7.10. The smallest absolute Gasteiger partial charge is 0.239 e. The van der Waals surface area contributed by atoms with Crippen LogP contribution in [0.3, 0.4) is 0 Å². The molecule has 0 aliphatic carbocycles. The highest BCUT2D eigenvalue weighted by Crippen LogP contribution is 2.09. The van der Waals surface area contributed by atoms with Crippen LogP contribution < -0.4 is 5.32 Å². The molecule has 1 aliphatic heterocycles. The van der Waals surface area contributed by atoms with E-state index in [1.165, 1.54) is 0 Å². The van der Waals surface area contributed by atoms with Gasteiger partial charge in [-0.3, -0.25) is 9.69 Å². The van der Waals surface area contributed by atoms with Crippen molar-refractivity contribution in [3.8, 4) is 0 Å². The summed E-state index contributed by atoms with van der Waals surface area (Å²) in [7, 11) is 1.83. The van der Waals surface area contributed by atoms with Gasteiger partial charge in [0.15, 0.2) is 0 Å². The van der Waals surface area contributed by atoms with Gasteiger partial charge in [-0.05, 0) is 27.4 Å². The Morgan fingerprint density at radius 3 is 2.67 bits per heavy atom. The molecule has 2 unspecified atom stereocenters. The molecule has 1 heterocycles. The van der Waals surface area contributed by atoms with Crippen molar-refractivity contribution in [1.29, 1.82) is 0 Å². The summed E-state index contributed by atoms with van der Waals surface area (Å²) in [6.45, 7) is 10.1. The quantitative estimate of drug-likeness (QED) is 0.725. The molecule has 0 bridgehead atoms. The van der Waals surface area contributed by atoms with Crippen LogP contribution in [-0.2, 0) is 4.79 Å². The fourth-order valence-corrected chi connectivity index (χ4v) is 2.06. The Morgan fingerprint density at radius 1 is 1.53 bits per heavy atom. The van der Waals surface area contributed by atoms with E-state index in [2.05, 4.69) is 24.1 Å². The van der Waals surface area contributed by atoms with Gasteiger partial charge in [0.05, 0.1) is 6.04 Å². The topological polar surface area (TPSA) is 35.6 Å². The summed E-state index contributed by atoms with van der Waals surface area (Å²) in [4.78, 5) is 16.3. The Hall–Kier alpha value is -0.610. The Labute approximate surface area is 92.6 Å². The van der Waals surface area contributed by atoms with Crippen molar-refractivity contribution in [3.05, 3.63) is 0 Å². The summed E-state index contributed by atoms with van der Waals surface area (Å²) < 4.78 is 0. The molecular weight excluding hydrogens is 190 g/mol. The van der Waals surface area contributed by atoms with E-state index in [1.54, 1.807) is 0 Å². The lowest BCUT2D eigenvalue weighted by Crippen LogP contribution is -2.56. The third-order valence-corrected chi connectivity index (χ3v) is 3.29. The van der Waals surface area contributed by atoms with Gasteiger partial charge < -0.3 is 10.2 Å². The lowest BCUT2D eigenvalue weighted by atomic mass is 10.1. The molecule has 1 saturated heterocycles. The zero-order valence-electron chi connectivity index (χ0n) is 10.3. The maximum Gasteiger partial charge on any atom is 0.239 e. The summed E-state index contributed by atoms with van der Waals surface area (Å²) in [5.41, 5.74) is 0. The molecular formula is C11H23N3O. The highest BCUT2D eigenvalue weighted by atomic mass is 16.2. The minimum atomic E-state index is -0.0645. The van der Waals surface area contributed by atoms with Gasteiger partial charge in [-0.25, -0.2) is 0 Å². The largest absolute Gasteiger partial charge is 0.339 e. The Balaban J connectivity index is 2.50. The van der Waals surface area contributed by atoms with Gasteiger partial charge in [-0.15, -0.1) is 0 Å². The molecule has 1 amide bonds. The van der Waals surface area contributed by atoms with Gasteiger partial charge in [-0.2, -0.15) is 0 Å². The van der Waals surface area contributed by atoms with Crippen molar-refractivity contribution in [1.82, 2.24) is 15.1 Å². The van der Waals surface area contributed by atoms with Crippen molar-refractivity contribution in [2.24, 2.45) is 0 Å². The molecule has 0 spiro atoms. The van der Waals surface area contributed by atoms with Crippen LogP contribution in [0.15, 0.2) is 0 Å². The van der Waals surface area contributed by atoms with E-state index >= 15 is 0 Å². The summed E-state index contributed by atoms with van der Waals surface area (Å²) >= 11 is 0. The lowest BCUT2D eigenvalue weighted by molar-refractivity contribution is -0.135. The van der Waals surface area contributed by atoms with E-state index in [1.807, 2.05) is 18.9 Å². The molecule has 88 valence electrons. The lowest BCUT2D eigenvalue weighted by Gasteiger charge is -2.40. The van der Waals surface area contributed by atoms with Crippen molar-refractivity contribution in [3.63, 3.8) is 0 Å². The highest BCUT2D eigenvalue weighted by molar-refractivity contribution is 5.81. The number of piperazine rings is 1. The van der Waals surface area contributed by atoms with Crippen LogP contribution in [-0.4, -0.2) is 61.0 Å². The second kappa shape index (κ2) is 5.47. The van der Waals surface area contributed by atoms with Crippen LogP contribution in [0.1, 0.15) is 20.8 Å². The third-order valence-electron chi connectivity index (χ3n) is 3.29.